The molecule has 0 aliphatic carbocycles. The number of rotatable bonds is 3. The highest BCUT2D eigenvalue weighted by Crippen LogP contribution is 2.26. The number of hydrogen-bond donors (Lipinski definition) is 2. The molecule has 0 unspecified atom stereocenters. The second-order valence-electron chi connectivity index (χ2n) is 4.81. The molecule has 20 heavy (non-hydrogen) atoms. The van der Waals surface area contributed by atoms with Crippen LogP contribution in [0.1, 0.15) is 12.5 Å². The summed E-state index contributed by atoms with van der Waals surface area (Å²) in [5, 5.41) is 4.51. The Bertz CT molecular complexity index is 733. The Hall–Kier alpha value is -2.55. The zero-order valence-corrected chi connectivity index (χ0v) is 11.4. The number of nitrogens with one attached hydrogen (secondary N) is 1. The van der Waals surface area contributed by atoms with Crippen LogP contribution in [0.2, 0.25) is 0 Å². The summed E-state index contributed by atoms with van der Waals surface area (Å²) in [6.07, 6.45) is 2.85. The summed E-state index contributed by atoms with van der Waals surface area (Å²) in [5.74, 6) is 0. The molecule has 0 aliphatic rings. The zero-order chi connectivity index (χ0) is 13.9. The lowest BCUT2D eigenvalue weighted by atomic mass is 10.1. The molecular weight excluding hydrogens is 246 g/mol. The minimum atomic E-state index is 0.731. The standard InChI is InChI=1S/C17H17N3/c1-2-12-3-6-14(7-4-12)20-16-9-10-19-17-11-13(18)5-8-15(16)17/h3-11H,2,18H2,1H3,(H,19,20). The third-order valence-electron chi connectivity index (χ3n) is 3.41. The van der Waals surface area contributed by atoms with Crippen LogP contribution >= 0.6 is 0 Å². The minimum Gasteiger partial charge on any atom is -0.399 e. The summed E-state index contributed by atoms with van der Waals surface area (Å²) in [7, 11) is 0. The molecule has 100 valence electrons. The number of aryl methyl sites for hydroxylation is 1. The lowest BCUT2D eigenvalue weighted by molar-refractivity contribution is 1.14. The van der Waals surface area contributed by atoms with Crippen molar-refractivity contribution in [2.75, 3.05) is 11.1 Å². The number of fused-ring (bicyclic) bond motifs is 1. The molecule has 2 aromatic carbocycles. The molecule has 3 nitrogen and oxygen atoms in total. The van der Waals surface area contributed by atoms with E-state index >= 15 is 0 Å². The number of nitrogens with zero attached hydrogens (tertiary/aromatic N) is 1. The van der Waals surface area contributed by atoms with Gasteiger partial charge >= 0.3 is 0 Å². The Balaban J connectivity index is 1.97. The fourth-order valence-corrected chi connectivity index (χ4v) is 2.25. The van der Waals surface area contributed by atoms with Gasteiger partial charge in [-0.05, 0) is 48.4 Å². The minimum absolute atomic E-state index is 0.731. The second-order valence-corrected chi connectivity index (χ2v) is 4.81. The summed E-state index contributed by atoms with van der Waals surface area (Å²) in [6.45, 7) is 2.16. The summed E-state index contributed by atoms with van der Waals surface area (Å²) >= 11 is 0. The lowest BCUT2D eigenvalue weighted by Gasteiger charge is -2.10. The van der Waals surface area contributed by atoms with Crippen molar-refractivity contribution in [2.24, 2.45) is 0 Å². The molecule has 0 fully saturated rings. The SMILES string of the molecule is CCc1ccc(Nc2ccnc3cc(N)ccc23)cc1. The molecule has 0 bridgehead atoms. The molecule has 3 N–H and O–H groups in total. The van der Waals surface area contributed by atoms with Gasteiger partial charge in [-0.15, -0.1) is 0 Å². The molecular formula is C17H17N3. The van der Waals surface area contributed by atoms with Crippen LogP contribution < -0.4 is 11.1 Å². The van der Waals surface area contributed by atoms with E-state index in [-0.39, 0.29) is 0 Å². The van der Waals surface area contributed by atoms with Gasteiger partial charge < -0.3 is 11.1 Å². The second kappa shape index (κ2) is 5.21. The number of benzene rings is 2. The van der Waals surface area contributed by atoms with Crippen LogP contribution in [0.25, 0.3) is 10.9 Å². The Labute approximate surface area is 118 Å². The van der Waals surface area contributed by atoms with E-state index in [1.807, 2.05) is 24.3 Å². The van der Waals surface area contributed by atoms with Crippen molar-refractivity contribution in [3.63, 3.8) is 0 Å². The number of aromatic nitrogens is 1. The predicted octanol–water partition coefficient (Wildman–Crippen LogP) is 4.12. The maximum absolute atomic E-state index is 5.80. The van der Waals surface area contributed by atoms with Crippen LogP contribution in [0, 0.1) is 0 Å². The maximum Gasteiger partial charge on any atom is 0.0743 e. The van der Waals surface area contributed by atoms with Gasteiger partial charge in [-0.2, -0.15) is 0 Å². The first-order valence-corrected chi connectivity index (χ1v) is 6.76. The molecule has 0 atom stereocenters. The number of nitrogens with two attached hydrogens (primary N) is 1. The molecule has 0 saturated carbocycles. The topological polar surface area (TPSA) is 50.9 Å². The van der Waals surface area contributed by atoms with E-state index in [0.717, 1.165) is 34.4 Å². The Kier molecular flexibility index (Phi) is 3.25. The molecule has 0 radical (unpaired) electrons. The summed E-state index contributed by atoms with van der Waals surface area (Å²) in [4.78, 5) is 4.35. The first kappa shape index (κ1) is 12.5. The average molecular weight is 263 g/mol. The quantitative estimate of drug-likeness (QED) is 0.699. The molecule has 0 aliphatic heterocycles. The van der Waals surface area contributed by atoms with Crippen LogP contribution in [0.3, 0.4) is 0 Å². The highest BCUT2D eigenvalue weighted by Gasteiger charge is 2.03. The third-order valence-corrected chi connectivity index (χ3v) is 3.41. The van der Waals surface area contributed by atoms with Gasteiger partial charge in [0.05, 0.1) is 5.52 Å². The van der Waals surface area contributed by atoms with E-state index in [2.05, 4.69) is 41.5 Å². The lowest BCUT2D eigenvalue weighted by Crippen LogP contribution is -1.94. The van der Waals surface area contributed by atoms with Crippen molar-refractivity contribution in [3.05, 3.63) is 60.3 Å². The normalized spacial score (nSPS) is 10.7. The number of hydrogen-bond acceptors (Lipinski definition) is 3. The number of nitrogen functional groups attached to an aromatic ring is 1. The number of anilines is 3. The van der Waals surface area contributed by atoms with E-state index in [0.29, 0.717) is 0 Å². The van der Waals surface area contributed by atoms with Gasteiger partial charge in [-0.25, -0.2) is 0 Å². The van der Waals surface area contributed by atoms with E-state index < -0.39 is 0 Å². The van der Waals surface area contributed by atoms with Crippen molar-refractivity contribution in [1.82, 2.24) is 4.98 Å². The summed E-state index contributed by atoms with van der Waals surface area (Å²) in [5.41, 5.74) is 10.9. The van der Waals surface area contributed by atoms with Gasteiger partial charge in [0.2, 0.25) is 0 Å². The fourth-order valence-electron chi connectivity index (χ4n) is 2.25. The van der Waals surface area contributed by atoms with Crippen LogP contribution in [0.5, 0.6) is 0 Å². The predicted molar refractivity (Wildman–Crippen MR) is 85.3 cm³/mol. The molecule has 3 aromatic rings. The van der Waals surface area contributed by atoms with Crippen LogP contribution in [-0.2, 0) is 6.42 Å². The Morgan fingerprint density at radius 1 is 1.05 bits per heavy atom. The van der Waals surface area contributed by atoms with Gasteiger partial charge in [0.25, 0.3) is 0 Å². The van der Waals surface area contributed by atoms with E-state index in [1.54, 1.807) is 6.20 Å². The molecule has 0 spiro atoms. The third kappa shape index (κ3) is 2.43. The Morgan fingerprint density at radius 3 is 2.60 bits per heavy atom. The Morgan fingerprint density at radius 2 is 1.85 bits per heavy atom. The first-order chi connectivity index (χ1) is 9.76. The zero-order valence-electron chi connectivity index (χ0n) is 11.4. The molecule has 0 saturated heterocycles. The van der Waals surface area contributed by atoms with Crippen molar-refractivity contribution in [2.45, 2.75) is 13.3 Å². The molecule has 1 heterocycles. The van der Waals surface area contributed by atoms with Crippen molar-refractivity contribution in [3.8, 4) is 0 Å². The number of pyridine rings is 1. The smallest absolute Gasteiger partial charge is 0.0743 e. The van der Waals surface area contributed by atoms with Gasteiger partial charge in [0, 0.05) is 28.6 Å². The van der Waals surface area contributed by atoms with Crippen molar-refractivity contribution >= 4 is 28.0 Å². The molecule has 3 heteroatoms. The first-order valence-electron chi connectivity index (χ1n) is 6.76. The molecule has 0 amide bonds. The van der Waals surface area contributed by atoms with Crippen LogP contribution in [0.4, 0.5) is 17.1 Å². The summed E-state index contributed by atoms with van der Waals surface area (Å²) in [6, 6.07) is 16.3. The van der Waals surface area contributed by atoms with Gasteiger partial charge in [0.15, 0.2) is 0 Å². The van der Waals surface area contributed by atoms with E-state index in [4.69, 9.17) is 5.73 Å². The van der Waals surface area contributed by atoms with Crippen LogP contribution in [0.15, 0.2) is 54.7 Å². The van der Waals surface area contributed by atoms with Crippen molar-refractivity contribution < 1.29 is 0 Å². The molecule has 3 rings (SSSR count). The maximum atomic E-state index is 5.80. The van der Waals surface area contributed by atoms with Gasteiger partial charge in [-0.3, -0.25) is 4.98 Å². The largest absolute Gasteiger partial charge is 0.399 e. The van der Waals surface area contributed by atoms with Crippen molar-refractivity contribution in [1.29, 1.82) is 0 Å². The fraction of sp³-hybridized carbons (Fsp3) is 0.118. The van der Waals surface area contributed by atoms with E-state index in [9.17, 15) is 0 Å². The highest BCUT2D eigenvalue weighted by molar-refractivity contribution is 5.94. The molecule has 1 aromatic heterocycles. The van der Waals surface area contributed by atoms with Crippen LogP contribution in [-0.4, -0.2) is 4.98 Å². The van der Waals surface area contributed by atoms with Gasteiger partial charge in [0.1, 0.15) is 0 Å². The monoisotopic (exact) mass is 263 g/mol. The van der Waals surface area contributed by atoms with Gasteiger partial charge in [-0.1, -0.05) is 19.1 Å². The average Bonchev–Trinajstić information content (AvgIpc) is 2.48. The summed E-state index contributed by atoms with van der Waals surface area (Å²) < 4.78 is 0. The van der Waals surface area contributed by atoms with E-state index in [1.165, 1.54) is 5.56 Å². The highest BCUT2D eigenvalue weighted by atomic mass is 14.9.